The van der Waals surface area contributed by atoms with Crippen LogP contribution in [0.4, 0.5) is 5.82 Å². The summed E-state index contributed by atoms with van der Waals surface area (Å²) < 4.78 is 1.77. The fraction of sp³-hybridized carbons (Fsp3) is 0.308. The third kappa shape index (κ3) is 3.71. The minimum atomic E-state index is -0.189. The van der Waals surface area contributed by atoms with Crippen molar-refractivity contribution in [1.29, 1.82) is 0 Å². The third-order valence-electron chi connectivity index (χ3n) is 2.71. The highest BCUT2D eigenvalue weighted by atomic mass is 35.5. The summed E-state index contributed by atoms with van der Waals surface area (Å²) in [5, 5.41) is 10.1. The maximum absolute atomic E-state index is 12.1. The molecule has 1 atom stereocenters. The number of hydrogen-bond acceptors (Lipinski definition) is 4. The Labute approximate surface area is 122 Å². The summed E-state index contributed by atoms with van der Waals surface area (Å²) in [5.74, 6) is 0.368. The van der Waals surface area contributed by atoms with Crippen LogP contribution in [0.3, 0.4) is 0 Å². The summed E-state index contributed by atoms with van der Waals surface area (Å²) in [5.41, 5.74) is 0.474. The second-order valence-electron chi connectivity index (χ2n) is 4.42. The first-order valence-electron chi connectivity index (χ1n) is 6.22. The minimum Gasteiger partial charge on any atom is -0.373 e. The van der Waals surface area contributed by atoms with Gasteiger partial charge in [-0.3, -0.25) is 9.48 Å². The molecule has 7 heteroatoms. The first-order valence-corrected chi connectivity index (χ1v) is 6.60. The Kier molecular flexibility index (Phi) is 4.57. The maximum atomic E-state index is 12.1. The molecule has 0 saturated carbocycles. The van der Waals surface area contributed by atoms with Crippen LogP contribution in [0.25, 0.3) is 0 Å². The summed E-state index contributed by atoms with van der Waals surface area (Å²) in [4.78, 5) is 16.2. The molecule has 0 saturated heterocycles. The summed E-state index contributed by atoms with van der Waals surface area (Å²) in [6.07, 6.45) is 3.56. The van der Waals surface area contributed by atoms with E-state index in [4.69, 9.17) is 11.6 Å². The molecular weight excluding hydrogens is 278 g/mol. The zero-order valence-electron chi connectivity index (χ0n) is 11.3. The van der Waals surface area contributed by atoms with E-state index in [-0.39, 0.29) is 17.1 Å². The van der Waals surface area contributed by atoms with Crippen molar-refractivity contribution >= 4 is 23.3 Å². The number of aromatic nitrogens is 3. The van der Waals surface area contributed by atoms with Crippen LogP contribution >= 0.6 is 11.6 Å². The van der Waals surface area contributed by atoms with Crippen LogP contribution < -0.4 is 10.6 Å². The summed E-state index contributed by atoms with van der Waals surface area (Å²) in [6, 6.07) is 4.99. The molecule has 0 aliphatic heterocycles. The number of pyridine rings is 1. The Balaban J connectivity index is 2.02. The smallest absolute Gasteiger partial charge is 0.251 e. The van der Waals surface area contributed by atoms with Crippen molar-refractivity contribution in [3.63, 3.8) is 0 Å². The molecule has 0 bridgehead atoms. The van der Waals surface area contributed by atoms with Gasteiger partial charge in [-0.2, -0.15) is 5.10 Å². The molecule has 1 amide bonds. The normalized spacial score (nSPS) is 11.9. The molecule has 2 heterocycles. The molecule has 2 aromatic rings. The van der Waals surface area contributed by atoms with Crippen LogP contribution in [0.2, 0.25) is 5.15 Å². The molecule has 0 fully saturated rings. The van der Waals surface area contributed by atoms with E-state index in [0.717, 1.165) is 0 Å². The van der Waals surface area contributed by atoms with Gasteiger partial charge in [0.15, 0.2) is 0 Å². The van der Waals surface area contributed by atoms with Crippen molar-refractivity contribution < 1.29 is 4.79 Å². The second-order valence-corrected chi connectivity index (χ2v) is 4.80. The number of carbonyl (C=O) groups is 1. The molecule has 2 aromatic heterocycles. The quantitative estimate of drug-likeness (QED) is 0.825. The molecule has 20 heavy (non-hydrogen) atoms. The zero-order valence-corrected chi connectivity index (χ0v) is 12.1. The standard InChI is InChI=1S/C13H16ClN5O/c1-9(8-19-5-3-4-16-19)17-13(20)10-6-11(14)18-12(7-10)15-2/h3-7,9H,8H2,1-2H3,(H,15,18)(H,17,20). The lowest BCUT2D eigenvalue weighted by Gasteiger charge is -2.14. The van der Waals surface area contributed by atoms with Gasteiger partial charge in [-0.05, 0) is 25.1 Å². The van der Waals surface area contributed by atoms with Gasteiger partial charge in [0.25, 0.3) is 5.91 Å². The van der Waals surface area contributed by atoms with Crippen molar-refractivity contribution in [2.45, 2.75) is 19.5 Å². The monoisotopic (exact) mass is 293 g/mol. The van der Waals surface area contributed by atoms with Crippen LogP contribution in [0.1, 0.15) is 17.3 Å². The van der Waals surface area contributed by atoms with E-state index in [1.54, 1.807) is 30.1 Å². The van der Waals surface area contributed by atoms with E-state index < -0.39 is 0 Å². The van der Waals surface area contributed by atoms with Crippen molar-refractivity contribution in [3.05, 3.63) is 41.3 Å². The SMILES string of the molecule is CNc1cc(C(=O)NC(C)Cn2cccn2)cc(Cl)n1. The molecule has 0 aliphatic rings. The van der Waals surface area contributed by atoms with Crippen molar-refractivity contribution in [1.82, 2.24) is 20.1 Å². The van der Waals surface area contributed by atoms with Gasteiger partial charge >= 0.3 is 0 Å². The van der Waals surface area contributed by atoms with Gasteiger partial charge in [-0.15, -0.1) is 0 Å². The summed E-state index contributed by atoms with van der Waals surface area (Å²) in [7, 11) is 1.72. The average Bonchev–Trinajstić information content (AvgIpc) is 2.90. The van der Waals surface area contributed by atoms with Gasteiger partial charge in [0.2, 0.25) is 0 Å². The highest BCUT2D eigenvalue weighted by Gasteiger charge is 2.12. The molecule has 0 aromatic carbocycles. The van der Waals surface area contributed by atoms with Crippen LogP contribution in [0, 0.1) is 0 Å². The Morgan fingerprint density at radius 1 is 1.50 bits per heavy atom. The number of hydrogen-bond donors (Lipinski definition) is 2. The van der Waals surface area contributed by atoms with Crippen molar-refractivity contribution in [2.75, 3.05) is 12.4 Å². The van der Waals surface area contributed by atoms with E-state index in [1.165, 1.54) is 0 Å². The van der Waals surface area contributed by atoms with E-state index in [0.29, 0.717) is 17.9 Å². The number of amides is 1. The molecule has 0 radical (unpaired) electrons. The zero-order chi connectivity index (χ0) is 14.5. The fourth-order valence-corrected chi connectivity index (χ4v) is 2.01. The molecule has 2 rings (SSSR count). The molecule has 6 nitrogen and oxygen atoms in total. The number of nitrogens with zero attached hydrogens (tertiary/aromatic N) is 3. The largest absolute Gasteiger partial charge is 0.373 e. The Hall–Kier alpha value is -2.08. The van der Waals surface area contributed by atoms with Crippen LogP contribution in [0.5, 0.6) is 0 Å². The van der Waals surface area contributed by atoms with E-state index in [9.17, 15) is 4.79 Å². The lowest BCUT2D eigenvalue weighted by molar-refractivity contribution is 0.0936. The van der Waals surface area contributed by atoms with Crippen LogP contribution in [-0.2, 0) is 6.54 Å². The first kappa shape index (κ1) is 14.3. The Morgan fingerprint density at radius 2 is 2.30 bits per heavy atom. The van der Waals surface area contributed by atoms with E-state index in [2.05, 4.69) is 20.7 Å². The maximum Gasteiger partial charge on any atom is 0.251 e. The first-order chi connectivity index (χ1) is 9.58. The Bertz CT molecular complexity index is 584. The van der Waals surface area contributed by atoms with E-state index >= 15 is 0 Å². The van der Waals surface area contributed by atoms with Gasteiger partial charge in [0, 0.05) is 31.0 Å². The van der Waals surface area contributed by atoms with Gasteiger partial charge in [0.1, 0.15) is 11.0 Å². The van der Waals surface area contributed by atoms with E-state index in [1.807, 2.05) is 19.2 Å². The average molecular weight is 294 g/mol. The molecule has 106 valence electrons. The number of nitrogens with one attached hydrogen (secondary N) is 2. The third-order valence-corrected chi connectivity index (χ3v) is 2.90. The van der Waals surface area contributed by atoms with Crippen molar-refractivity contribution in [3.8, 4) is 0 Å². The minimum absolute atomic E-state index is 0.0487. The number of carbonyl (C=O) groups excluding carboxylic acids is 1. The van der Waals surface area contributed by atoms with Gasteiger partial charge in [-0.25, -0.2) is 4.98 Å². The summed E-state index contributed by atoms with van der Waals surface area (Å²) in [6.45, 7) is 2.53. The predicted octanol–water partition coefficient (Wildman–Crippen LogP) is 1.79. The molecule has 0 aliphatic carbocycles. The van der Waals surface area contributed by atoms with Crippen LogP contribution in [0.15, 0.2) is 30.6 Å². The number of rotatable bonds is 5. The lowest BCUT2D eigenvalue weighted by atomic mass is 10.2. The van der Waals surface area contributed by atoms with Gasteiger partial charge in [0.05, 0.1) is 6.54 Å². The van der Waals surface area contributed by atoms with Crippen molar-refractivity contribution in [2.24, 2.45) is 0 Å². The molecule has 0 spiro atoms. The van der Waals surface area contributed by atoms with Gasteiger partial charge in [-0.1, -0.05) is 11.6 Å². The molecule has 2 N–H and O–H groups in total. The summed E-state index contributed by atoms with van der Waals surface area (Å²) >= 11 is 5.88. The topological polar surface area (TPSA) is 71.8 Å². The lowest BCUT2D eigenvalue weighted by Crippen LogP contribution is -2.35. The van der Waals surface area contributed by atoms with Gasteiger partial charge < -0.3 is 10.6 Å². The number of halogens is 1. The molecule has 1 unspecified atom stereocenters. The second kappa shape index (κ2) is 6.38. The fourth-order valence-electron chi connectivity index (χ4n) is 1.80. The van der Waals surface area contributed by atoms with Crippen LogP contribution in [-0.4, -0.2) is 33.8 Å². The molecular formula is C13H16ClN5O. The highest BCUT2D eigenvalue weighted by Crippen LogP contribution is 2.14. The predicted molar refractivity (Wildman–Crippen MR) is 77.9 cm³/mol. The number of anilines is 1. The Morgan fingerprint density at radius 3 is 2.95 bits per heavy atom. The highest BCUT2D eigenvalue weighted by molar-refractivity contribution is 6.29.